The molecule has 0 saturated carbocycles. The summed E-state index contributed by atoms with van der Waals surface area (Å²) in [4.78, 5) is 10.8. The smallest absolute Gasteiger partial charge is 0.323 e. The van der Waals surface area contributed by atoms with Gasteiger partial charge < -0.3 is 15.5 Å². The summed E-state index contributed by atoms with van der Waals surface area (Å²) in [5.74, 6) is -1.02. The van der Waals surface area contributed by atoms with Gasteiger partial charge in [0, 0.05) is 6.54 Å². The van der Waals surface area contributed by atoms with Crippen molar-refractivity contribution in [3.05, 3.63) is 35.9 Å². The second-order valence-corrected chi connectivity index (χ2v) is 3.75. The number of hydrogen-bond donors (Lipinski definition) is 3. The fourth-order valence-electron chi connectivity index (χ4n) is 1.48. The number of benzene rings is 1. The normalized spacial score (nSPS) is 14.4. The summed E-state index contributed by atoms with van der Waals surface area (Å²) in [5.41, 5.74) is 1.14. The van der Waals surface area contributed by atoms with Crippen LogP contribution in [-0.4, -0.2) is 34.9 Å². The van der Waals surface area contributed by atoms with Crippen LogP contribution in [-0.2, 0) is 11.2 Å². The van der Waals surface area contributed by atoms with Gasteiger partial charge >= 0.3 is 5.97 Å². The van der Waals surface area contributed by atoms with E-state index in [0.717, 1.165) is 12.0 Å². The van der Waals surface area contributed by atoms with Gasteiger partial charge in [-0.1, -0.05) is 30.3 Å². The number of hydrogen-bond acceptors (Lipinski definition) is 3. The first-order valence-corrected chi connectivity index (χ1v) is 5.29. The minimum Gasteiger partial charge on any atom is -0.480 e. The molecule has 0 fully saturated rings. The molecule has 1 aromatic rings. The van der Waals surface area contributed by atoms with Crippen LogP contribution < -0.4 is 5.32 Å². The van der Waals surface area contributed by atoms with E-state index in [-0.39, 0.29) is 0 Å². The Hall–Kier alpha value is -1.39. The van der Waals surface area contributed by atoms with E-state index in [0.29, 0.717) is 6.54 Å². The first-order valence-electron chi connectivity index (χ1n) is 5.29. The first kappa shape index (κ1) is 12.7. The van der Waals surface area contributed by atoms with Gasteiger partial charge in [0.05, 0.1) is 6.10 Å². The van der Waals surface area contributed by atoms with Crippen LogP contribution >= 0.6 is 0 Å². The molecule has 0 radical (unpaired) electrons. The van der Waals surface area contributed by atoms with Crippen LogP contribution in [0.1, 0.15) is 12.5 Å². The van der Waals surface area contributed by atoms with Crippen LogP contribution in [0.3, 0.4) is 0 Å². The molecule has 2 unspecified atom stereocenters. The number of carbonyl (C=O) groups is 1. The summed E-state index contributed by atoms with van der Waals surface area (Å²) in [6.45, 7) is 2.00. The van der Waals surface area contributed by atoms with Crippen molar-refractivity contribution in [3.63, 3.8) is 0 Å². The fraction of sp³-hybridized carbons (Fsp3) is 0.417. The van der Waals surface area contributed by atoms with Crippen molar-refractivity contribution in [2.24, 2.45) is 0 Å². The van der Waals surface area contributed by atoms with Crippen LogP contribution in [0.5, 0.6) is 0 Å². The molecule has 88 valence electrons. The maximum absolute atomic E-state index is 10.8. The summed E-state index contributed by atoms with van der Waals surface area (Å²) >= 11 is 0. The third-order valence-corrected chi connectivity index (χ3v) is 2.37. The number of aliphatic carboxylic acids is 1. The molecule has 0 amide bonds. The Morgan fingerprint density at radius 3 is 2.50 bits per heavy atom. The Balaban J connectivity index is 2.37. The zero-order chi connectivity index (χ0) is 12.0. The molecule has 4 heteroatoms. The molecule has 0 bridgehead atoms. The van der Waals surface area contributed by atoms with Crippen molar-refractivity contribution in [1.82, 2.24) is 5.32 Å². The fourth-order valence-corrected chi connectivity index (χ4v) is 1.48. The first-order chi connectivity index (χ1) is 7.61. The van der Waals surface area contributed by atoms with Crippen LogP contribution in [0.4, 0.5) is 0 Å². The lowest BCUT2D eigenvalue weighted by Gasteiger charge is -2.16. The van der Waals surface area contributed by atoms with Gasteiger partial charge in [0.15, 0.2) is 0 Å². The minimum atomic E-state index is -1.02. The highest BCUT2D eigenvalue weighted by molar-refractivity contribution is 5.74. The topological polar surface area (TPSA) is 69.6 Å². The zero-order valence-corrected chi connectivity index (χ0v) is 9.26. The monoisotopic (exact) mass is 223 g/mol. The van der Waals surface area contributed by atoms with Crippen LogP contribution in [0, 0.1) is 0 Å². The van der Waals surface area contributed by atoms with Gasteiger partial charge in [0.25, 0.3) is 0 Å². The molecule has 0 aliphatic rings. The Morgan fingerprint density at radius 1 is 1.38 bits per heavy atom. The highest BCUT2D eigenvalue weighted by atomic mass is 16.4. The van der Waals surface area contributed by atoms with Gasteiger partial charge in [0.1, 0.15) is 6.04 Å². The van der Waals surface area contributed by atoms with Gasteiger partial charge in [-0.05, 0) is 18.9 Å². The van der Waals surface area contributed by atoms with E-state index in [1.54, 1.807) is 0 Å². The second-order valence-electron chi connectivity index (χ2n) is 3.75. The molecule has 0 spiro atoms. The second kappa shape index (κ2) is 6.25. The maximum atomic E-state index is 10.8. The van der Waals surface area contributed by atoms with Gasteiger partial charge in [-0.2, -0.15) is 0 Å². The Labute approximate surface area is 94.9 Å². The Bertz CT molecular complexity index is 324. The van der Waals surface area contributed by atoms with Crippen molar-refractivity contribution >= 4 is 5.97 Å². The van der Waals surface area contributed by atoms with E-state index < -0.39 is 18.1 Å². The molecule has 1 rings (SSSR count). The minimum absolute atomic E-state index is 0.534. The van der Waals surface area contributed by atoms with Gasteiger partial charge in [-0.15, -0.1) is 0 Å². The van der Waals surface area contributed by atoms with E-state index in [4.69, 9.17) is 5.11 Å². The van der Waals surface area contributed by atoms with Gasteiger partial charge in [-0.3, -0.25) is 4.79 Å². The number of carboxylic acids is 1. The van der Waals surface area contributed by atoms with Gasteiger partial charge in [0.2, 0.25) is 0 Å². The number of rotatable bonds is 6. The standard InChI is InChI=1S/C12H17NO3/c1-9(14)11(12(15)16)13-8-7-10-5-3-2-4-6-10/h2-6,9,11,13-14H,7-8H2,1H3,(H,15,16). The quantitative estimate of drug-likeness (QED) is 0.662. The third-order valence-electron chi connectivity index (χ3n) is 2.37. The molecule has 16 heavy (non-hydrogen) atoms. The molecule has 4 nitrogen and oxygen atoms in total. The molecule has 0 heterocycles. The molecule has 0 aliphatic carbocycles. The number of aliphatic hydroxyl groups is 1. The number of aliphatic hydroxyl groups excluding tert-OH is 1. The Kier molecular flexibility index (Phi) is 4.95. The van der Waals surface area contributed by atoms with E-state index in [9.17, 15) is 9.90 Å². The lowest BCUT2D eigenvalue weighted by atomic mass is 10.1. The Morgan fingerprint density at radius 2 is 2.00 bits per heavy atom. The van der Waals surface area contributed by atoms with E-state index in [2.05, 4.69) is 5.32 Å². The summed E-state index contributed by atoms with van der Waals surface area (Å²) in [6, 6.07) is 8.90. The van der Waals surface area contributed by atoms with Crippen LogP contribution in [0.25, 0.3) is 0 Å². The average Bonchev–Trinajstić information content (AvgIpc) is 2.24. The summed E-state index contributed by atoms with van der Waals surface area (Å²) in [5, 5.41) is 20.9. The largest absolute Gasteiger partial charge is 0.480 e. The molecule has 0 aromatic heterocycles. The van der Waals surface area contributed by atoms with Crippen LogP contribution in [0.15, 0.2) is 30.3 Å². The summed E-state index contributed by atoms with van der Waals surface area (Å²) in [6.07, 6.45) is -0.148. The van der Waals surface area contributed by atoms with Crippen LogP contribution in [0.2, 0.25) is 0 Å². The van der Waals surface area contributed by atoms with E-state index in [1.807, 2.05) is 30.3 Å². The average molecular weight is 223 g/mol. The molecule has 3 N–H and O–H groups in total. The molecule has 1 aromatic carbocycles. The molecular weight excluding hydrogens is 206 g/mol. The highest BCUT2D eigenvalue weighted by Gasteiger charge is 2.21. The van der Waals surface area contributed by atoms with Crippen molar-refractivity contribution in [2.75, 3.05) is 6.54 Å². The zero-order valence-electron chi connectivity index (χ0n) is 9.26. The molecular formula is C12H17NO3. The van der Waals surface area contributed by atoms with Crippen molar-refractivity contribution in [3.8, 4) is 0 Å². The predicted octanol–water partition coefficient (Wildman–Crippen LogP) is 0.653. The van der Waals surface area contributed by atoms with Crippen molar-refractivity contribution in [1.29, 1.82) is 0 Å². The summed E-state index contributed by atoms with van der Waals surface area (Å²) in [7, 11) is 0. The molecule has 2 atom stereocenters. The van der Waals surface area contributed by atoms with E-state index in [1.165, 1.54) is 6.92 Å². The molecule has 0 aliphatic heterocycles. The maximum Gasteiger partial charge on any atom is 0.323 e. The van der Waals surface area contributed by atoms with Crippen molar-refractivity contribution in [2.45, 2.75) is 25.5 Å². The molecule has 0 saturated heterocycles. The third kappa shape index (κ3) is 4.00. The number of nitrogens with one attached hydrogen (secondary N) is 1. The number of carboxylic acid groups (broad SMARTS) is 1. The lowest BCUT2D eigenvalue weighted by molar-refractivity contribution is -0.142. The SMILES string of the molecule is CC(O)C(NCCc1ccccc1)C(=O)O. The van der Waals surface area contributed by atoms with Crippen molar-refractivity contribution < 1.29 is 15.0 Å². The van der Waals surface area contributed by atoms with E-state index >= 15 is 0 Å². The highest BCUT2D eigenvalue weighted by Crippen LogP contribution is 1.99. The predicted molar refractivity (Wildman–Crippen MR) is 61.3 cm³/mol. The lowest BCUT2D eigenvalue weighted by Crippen LogP contribution is -2.45. The van der Waals surface area contributed by atoms with Gasteiger partial charge in [-0.25, -0.2) is 0 Å². The summed E-state index contributed by atoms with van der Waals surface area (Å²) < 4.78 is 0.